The molecule has 174 valence electrons. The number of rotatable bonds is 7. The number of amides is 2. The number of Topliss-reactive ketones (excluding diaryl/α,β-unsaturated/α-hetero) is 1. The second kappa shape index (κ2) is 9.58. The molecule has 0 radical (unpaired) electrons. The van der Waals surface area contributed by atoms with Gasteiger partial charge < -0.3 is 5.32 Å². The number of primary sulfonamides is 1. The van der Waals surface area contributed by atoms with Crippen molar-refractivity contribution in [1.29, 1.82) is 0 Å². The van der Waals surface area contributed by atoms with Gasteiger partial charge in [0.15, 0.2) is 5.78 Å². The van der Waals surface area contributed by atoms with Crippen LogP contribution in [0.4, 0.5) is 11.4 Å². The summed E-state index contributed by atoms with van der Waals surface area (Å²) in [6.07, 6.45) is 0.519. The Morgan fingerprint density at radius 2 is 1.56 bits per heavy atom. The predicted molar refractivity (Wildman–Crippen MR) is 128 cm³/mol. The topological polar surface area (TPSA) is 127 Å². The number of benzene rings is 3. The maximum Gasteiger partial charge on any atom is 0.252 e. The van der Waals surface area contributed by atoms with Crippen molar-refractivity contribution >= 4 is 39.0 Å². The van der Waals surface area contributed by atoms with Gasteiger partial charge in [0.2, 0.25) is 15.9 Å². The molecule has 0 saturated heterocycles. The first kappa shape index (κ1) is 23.3. The van der Waals surface area contributed by atoms with Crippen molar-refractivity contribution in [2.45, 2.75) is 30.2 Å². The zero-order valence-electron chi connectivity index (χ0n) is 18.2. The molecule has 1 unspecified atom stereocenters. The van der Waals surface area contributed by atoms with E-state index in [0.717, 1.165) is 0 Å². The lowest BCUT2D eigenvalue weighted by atomic mass is 9.98. The lowest BCUT2D eigenvalue weighted by Gasteiger charge is -2.37. The van der Waals surface area contributed by atoms with Crippen molar-refractivity contribution in [3.05, 3.63) is 90.0 Å². The van der Waals surface area contributed by atoms with Gasteiger partial charge in [-0.3, -0.25) is 19.3 Å². The van der Waals surface area contributed by atoms with E-state index in [2.05, 4.69) is 5.32 Å². The molecular formula is C25H23N3O5S. The van der Waals surface area contributed by atoms with Gasteiger partial charge in [0, 0.05) is 18.4 Å². The number of carbonyl (C=O) groups excluding carboxylic acids is 3. The number of sulfonamides is 1. The van der Waals surface area contributed by atoms with E-state index in [1.165, 1.54) is 23.1 Å². The highest BCUT2D eigenvalue weighted by Crippen LogP contribution is 2.40. The molecule has 0 aliphatic carbocycles. The van der Waals surface area contributed by atoms with Crippen LogP contribution in [-0.2, 0) is 19.6 Å². The second-order valence-electron chi connectivity index (χ2n) is 7.93. The van der Waals surface area contributed by atoms with E-state index in [-0.39, 0.29) is 35.1 Å². The van der Waals surface area contributed by atoms with Gasteiger partial charge in [-0.2, -0.15) is 0 Å². The molecule has 0 saturated carbocycles. The molecule has 34 heavy (non-hydrogen) atoms. The van der Waals surface area contributed by atoms with E-state index in [4.69, 9.17) is 5.14 Å². The van der Waals surface area contributed by atoms with Crippen LogP contribution >= 0.6 is 0 Å². The van der Waals surface area contributed by atoms with Crippen LogP contribution in [0.1, 0.15) is 41.2 Å². The summed E-state index contributed by atoms with van der Waals surface area (Å²) in [6.45, 7) is 0. The van der Waals surface area contributed by atoms with Crippen LogP contribution in [0, 0.1) is 0 Å². The Bertz CT molecular complexity index is 1340. The fraction of sp³-hybridized carbons (Fsp3) is 0.160. The summed E-state index contributed by atoms with van der Waals surface area (Å²) >= 11 is 0. The van der Waals surface area contributed by atoms with E-state index in [1.54, 1.807) is 54.6 Å². The highest BCUT2D eigenvalue weighted by atomic mass is 32.2. The Hall–Kier alpha value is -3.82. The summed E-state index contributed by atoms with van der Waals surface area (Å²) < 4.78 is 23.6. The van der Waals surface area contributed by atoms with Crippen LogP contribution < -0.4 is 15.4 Å². The summed E-state index contributed by atoms with van der Waals surface area (Å²) in [6, 6.07) is 20.7. The third kappa shape index (κ3) is 4.90. The van der Waals surface area contributed by atoms with E-state index < -0.39 is 22.0 Å². The quantitative estimate of drug-likeness (QED) is 0.504. The number of ketones is 1. The normalized spacial score (nSPS) is 15.4. The monoisotopic (exact) mass is 477 g/mol. The Balaban J connectivity index is 1.63. The number of nitrogens with zero attached hydrogens (tertiary/aromatic N) is 1. The average molecular weight is 478 g/mol. The van der Waals surface area contributed by atoms with Gasteiger partial charge in [-0.25, -0.2) is 13.6 Å². The van der Waals surface area contributed by atoms with E-state index in [0.29, 0.717) is 23.2 Å². The maximum atomic E-state index is 13.4. The largest absolute Gasteiger partial charge is 0.322 e. The van der Waals surface area contributed by atoms with Gasteiger partial charge in [-0.05, 0) is 30.2 Å². The van der Waals surface area contributed by atoms with E-state index in [9.17, 15) is 22.8 Å². The molecule has 1 aliphatic heterocycles. The number of carbonyl (C=O) groups is 3. The molecule has 2 amide bonds. The number of hydrogen-bond acceptors (Lipinski definition) is 5. The number of nitrogens with one attached hydrogen (secondary N) is 1. The van der Waals surface area contributed by atoms with Gasteiger partial charge >= 0.3 is 0 Å². The number of hydrogen-bond donors (Lipinski definition) is 2. The number of fused-ring (bicyclic) bond motifs is 1. The molecule has 1 aliphatic rings. The van der Waals surface area contributed by atoms with Crippen LogP contribution in [0.25, 0.3) is 0 Å². The molecule has 3 aromatic rings. The molecule has 0 spiro atoms. The zero-order chi connectivity index (χ0) is 24.3. The summed E-state index contributed by atoms with van der Waals surface area (Å²) in [7, 11) is -4.00. The highest BCUT2D eigenvalue weighted by molar-refractivity contribution is 7.89. The molecular weight excluding hydrogens is 454 g/mol. The van der Waals surface area contributed by atoms with Crippen molar-refractivity contribution < 1.29 is 22.8 Å². The first-order valence-electron chi connectivity index (χ1n) is 10.7. The minimum Gasteiger partial charge on any atom is -0.322 e. The third-order valence-electron chi connectivity index (χ3n) is 5.59. The minimum absolute atomic E-state index is 0.0333. The molecule has 4 rings (SSSR count). The SMILES string of the molecule is NS(=O)(=O)c1ccc2c(c1)NC(=O)C(c1ccccc1)N2C(=O)CCCC(=O)c1ccccc1. The molecule has 0 aromatic heterocycles. The smallest absolute Gasteiger partial charge is 0.252 e. The molecule has 3 aromatic carbocycles. The Morgan fingerprint density at radius 3 is 2.21 bits per heavy atom. The van der Waals surface area contributed by atoms with Crippen LogP contribution in [0.15, 0.2) is 83.8 Å². The van der Waals surface area contributed by atoms with Gasteiger partial charge in [-0.1, -0.05) is 60.7 Å². The fourth-order valence-corrected chi connectivity index (χ4v) is 4.50. The third-order valence-corrected chi connectivity index (χ3v) is 6.51. The van der Waals surface area contributed by atoms with Crippen molar-refractivity contribution in [3.8, 4) is 0 Å². The van der Waals surface area contributed by atoms with Crippen molar-refractivity contribution in [1.82, 2.24) is 0 Å². The standard InChI is InChI=1S/C25H23N3O5S/c26-34(32,33)19-14-15-21-20(16-19)27-25(31)24(18-10-5-2-6-11-18)28(21)23(30)13-7-12-22(29)17-8-3-1-4-9-17/h1-6,8-11,14-16,24H,7,12-13H2,(H,27,31)(H2,26,32,33). The zero-order valence-corrected chi connectivity index (χ0v) is 19.0. The molecule has 1 heterocycles. The fourth-order valence-electron chi connectivity index (χ4n) is 3.96. The summed E-state index contributed by atoms with van der Waals surface area (Å²) in [5.74, 6) is -0.893. The summed E-state index contributed by atoms with van der Waals surface area (Å²) in [4.78, 5) is 40.0. The summed E-state index contributed by atoms with van der Waals surface area (Å²) in [5, 5.41) is 7.92. The lowest BCUT2D eigenvalue weighted by Crippen LogP contribution is -2.45. The minimum atomic E-state index is -4.00. The molecule has 8 nitrogen and oxygen atoms in total. The first-order chi connectivity index (χ1) is 16.3. The number of nitrogens with two attached hydrogens (primary N) is 1. The highest BCUT2D eigenvalue weighted by Gasteiger charge is 2.38. The van der Waals surface area contributed by atoms with Crippen molar-refractivity contribution in [3.63, 3.8) is 0 Å². The van der Waals surface area contributed by atoms with Crippen molar-refractivity contribution in [2.75, 3.05) is 10.2 Å². The molecule has 1 atom stereocenters. The second-order valence-corrected chi connectivity index (χ2v) is 9.49. The van der Waals surface area contributed by atoms with Gasteiger partial charge in [0.25, 0.3) is 5.91 Å². The van der Waals surface area contributed by atoms with Crippen molar-refractivity contribution in [2.24, 2.45) is 5.14 Å². The first-order valence-corrected chi connectivity index (χ1v) is 12.2. The molecule has 3 N–H and O–H groups in total. The Morgan fingerprint density at radius 1 is 0.912 bits per heavy atom. The van der Waals surface area contributed by atoms with E-state index in [1.807, 2.05) is 6.07 Å². The van der Waals surface area contributed by atoms with Crippen LogP contribution in [0.2, 0.25) is 0 Å². The molecule has 0 bridgehead atoms. The molecule has 0 fully saturated rings. The number of anilines is 2. The van der Waals surface area contributed by atoms with Gasteiger partial charge in [-0.15, -0.1) is 0 Å². The van der Waals surface area contributed by atoms with Gasteiger partial charge in [0.05, 0.1) is 16.3 Å². The average Bonchev–Trinajstić information content (AvgIpc) is 2.83. The maximum absolute atomic E-state index is 13.4. The Kier molecular flexibility index (Phi) is 6.58. The molecule has 9 heteroatoms. The van der Waals surface area contributed by atoms with Crippen LogP contribution in [0.3, 0.4) is 0 Å². The summed E-state index contributed by atoms with van der Waals surface area (Å²) in [5.41, 5.74) is 1.72. The van der Waals surface area contributed by atoms with Gasteiger partial charge in [0.1, 0.15) is 6.04 Å². The Labute approximate surface area is 197 Å². The predicted octanol–water partition coefficient (Wildman–Crippen LogP) is 3.41. The van der Waals surface area contributed by atoms with E-state index >= 15 is 0 Å². The van der Waals surface area contributed by atoms with Crippen LogP contribution in [-0.4, -0.2) is 26.0 Å². The lowest BCUT2D eigenvalue weighted by molar-refractivity contribution is -0.124. The van der Waals surface area contributed by atoms with Crippen LogP contribution in [0.5, 0.6) is 0 Å².